The molecule has 0 spiro atoms. The van der Waals surface area contributed by atoms with E-state index in [1.54, 1.807) is 31.4 Å². The van der Waals surface area contributed by atoms with Gasteiger partial charge in [-0.05, 0) is 53.9 Å². The minimum absolute atomic E-state index is 0.505. The molecule has 0 aliphatic heterocycles. The van der Waals surface area contributed by atoms with Gasteiger partial charge in [-0.15, -0.1) is 0 Å². The lowest BCUT2D eigenvalue weighted by Crippen LogP contribution is -1.87. The summed E-state index contributed by atoms with van der Waals surface area (Å²) < 4.78 is 5.35. The second-order valence-electron chi connectivity index (χ2n) is 5.43. The van der Waals surface area contributed by atoms with Crippen molar-refractivity contribution in [3.63, 3.8) is 0 Å². The summed E-state index contributed by atoms with van der Waals surface area (Å²) in [6, 6.07) is 11.3. The van der Waals surface area contributed by atoms with Crippen LogP contribution < -0.4 is 4.74 Å². The summed E-state index contributed by atoms with van der Waals surface area (Å²) in [5, 5.41) is 1.00. The van der Waals surface area contributed by atoms with E-state index in [9.17, 15) is 0 Å². The Morgan fingerprint density at radius 1 is 1.17 bits per heavy atom. The van der Waals surface area contributed by atoms with E-state index in [1.165, 1.54) is 0 Å². The molecule has 0 bridgehead atoms. The summed E-state index contributed by atoms with van der Waals surface area (Å²) in [6.45, 7) is 16.8. The molecule has 0 amide bonds. The molecule has 4 nitrogen and oxygen atoms in total. The van der Waals surface area contributed by atoms with Crippen molar-refractivity contribution >= 4 is 28.4 Å². The van der Waals surface area contributed by atoms with Crippen molar-refractivity contribution in [1.29, 1.82) is 0 Å². The number of ether oxygens (including phenoxy) is 1. The van der Waals surface area contributed by atoms with E-state index in [0.717, 1.165) is 27.6 Å². The number of nitrogens with one attached hydrogen (secondary N) is 1. The number of hydrogen-bond donors (Lipinski definition) is 1. The quantitative estimate of drug-likeness (QED) is 0.641. The molecule has 0 saturated heterocycles. The number of methoxy groups -OCH3 is 1. The van der Waals surface area contributed by atoms with E-state index in [1.807, 2.05) is 25.3 Å². The molecular formula is C20H15N3O. The van der Waals surface area contributed by atoms with E-state index in [-0.39, 0.29) is 0 Å². The Bertz CT molecular complexity index is 1030. The summed E-state index contributed by atoms with van der Waals surface area (Å²) in [5.41, 5.74) is 4.75. The third-order valence-corrected chi connectivity index (χ3v) is 3.87. The van der Waals surface area contributed by atoms with Crippen LogP contribution in [0, 0.1) is 20.1 Å². The van der Waals surface area contributed by atoms with Crippen LogP contribution in [0.5, 0.6) is 5.75 Å². The molecule has 0 aliphatic rings. The fourth-order valence-electron chi connectivity index (χ4n) is 2.67. The summed E-state index contributed by atoms with van der Waals surface area (Å²) in [5.74, 6) is 0.638. The third-order valence-electron chi connectivity index (χ3n) is 3.87. The molecule has 0 atom stereocenters. The van der Waals surface area contributed by atoms with Crippen LogP contribution in [-0.2, 0) is 0 Å². The highest BCUT2D eigenvalue weighted by Crippen LogP contribution is 2.32. The highest BCUT2D eigenvalue weighted by Gasteiger charge is 2.11. The standard InChI is InChI=1S/C20H15N3O/c1-13-5-7-16-17(12-23-19(16)9-13)18(22-3)11-14-10-15(21-2)6-8-20(14)24-4/h5-12,23H,1,4H3/b18-11-. The number of H-pyrrole nitrogens is 1. The number of aryl methyl sites for hydroxylation is 1. The van der Waals surface area contributed by atoms with Gasteiger partial charge in [0, 0.05) is 11.1 Å². The zero-order valence-electron chi connectivity index (χ0n) is 13.4. The fourth-order valence-corrected chi connectivity index (χ4v) is 2.67. The second-order valence-corrected chi connectivity index (χ2v) is 5.43. The van der Waals surface area contributed by atoms with Gasteiger partial charge in [0.05, 0.1) is 20.3 Å². The predicted octanol–water partition coefficient (Wildman–Crippen LogP) is 5.45. The molecule has 0 saturated carbocycles. The fraction of sp³-hybridized carbons (Fsp3) is 0.100. The van der Waals surface area contributed by atoms with Crippen LogP contribution in [0.1, 0.15) is 16.7 Å². The lowest BCUT2D eigenvalue weighted by atomic mass is 10.1. The Hall–Kier alpha value is -3.50. The number of hydrogen-bond acceptors (Lipinski definition) is 1. The molecule has 0 radical (unpaired) electrons. The van der Waals surface area contributed by atoms with Crippen molar-refractivity contribution in [2.75, 3.05) is 7.11 Å². The molecule has 1 heterocycles. The Labute approximate surface area is 140 Å². The highest BCUT2D eigenvalue weighted by molar-refractivity contribution is 5.99. The number of benzene rings is 2. The molecular weight excluding hydrogens is 298 g/mol. The Morgan fingerprint density at radius 2 is 2.00 bits per heavy atom. The van der Waals surface area contributed by atoms with Crippen molar-refractivity contribution in [3.8, 4) is 5.75 Å². The lowest BCUT2D eigenvalue weighted by Gasteiger charge is -2.06. The van der Waals surface area contributed by atoms with Crippen LogP contribution in [-0.4, -0.2) is 12.1 Å². The molecule has 0 aliphatic carbocycles. The molecule has 3 rings (SSSR count). The number of nitrogens with zero attached hydrogens (tertiary/aromatic N) is 2. The van der Waals surface area contributed by atoms with Crippen LogP contribution in [0.4, 0.5) is 5.69 Å². The van der Waals surface area contributed by atoms with E-state index in [2.05, 4.69) is 20.7 Å². The van der Waals surface area contributed by atoms with Gasteiger partial charge >= 0.3 is 0 Å². The van der Waals surface area contributed by atoms with Crippen molar-refractivity contribution in [1.82, 2.24) is 4.98 Å². The minimum atomic E-state index is 0.505. The largest absolute Gasteiger partial charge is 0.496 e. The molecule has 24 heavy (non-hydrogen) atoms. The Balaban J connectivity index is 2.17. The number of aromatic amines is 1. The first-order valence-corrected chi connectivity index (χ1v) is 7.39. The SMILES string of the molecule is [C-]#[N+]/C(=C\c1cc([N+]#[C-])ccc1OC)c1c[nH]c2cc(C)ccc12. The smallest absolute Gasteiger partial charge is 0.197 e. The molecule has 4 heteroatoms. The van der Waals surface area contributed by atoms with Gasteiger partial charge in [-0.3, -0.25) is 0 Å². The molecule has 2 aromatic carbocycles. The first-order valence-electron chi connectivity index (χ1n) is 7.39. The molecule has 1 aromatic heterocycles. The second kappa shape index (κ2) is 6.32. The summed E-state index contributed by atoms with van der Waals surface area (Å²) >= 11 is 0. The highest BCUT2D eigenvalue weighted by atomic mass is 16.5. The van der Waals surface area contributed by atoms with E-state index in [4.69, 9.17) is 17.9 Å². The number of fused-ring (bicyclic) bond motifs is 1. The zero-order chi connectivity index (χ0) is 17.1. The Kier molecular flexibility index (Phi) is 4.05. The van der Waals surface area contributed by atoms with E-state index in [0.29, 0.717) is 17.1 Å². The minimum Gasteiger partial charge on any atom is -0.496 e. The normalized spacial score (nSPS) is 11.1. The maximum absolute atomic E-state index is 7.57. The van der Waals surface area contributed by atoms with E-state index >= 15 is 0 Å². The topological polar surface area (TPSA) is 33.7 Å². The van der Waals surface area contributed by atoms with Gasteiger partial charge in [0.25, 0.3) is 0 Å². The first kappa shape index (κ1) is 15.4. The predicted molar refractivity (Wildman–Crippen MR) is 96.8 cm³/mol. The average molecular weight is 313 g/mol. The molecule has 1 N–H and O–H groups in total. The number of rotatable bonds is 3. The number of aromatic nitrogens is 1. The third kappa shape index (κ3) is 2.74. The van der Waals surface area contributed by atoms with Crippen molar-refractivity contribution in [3.05, 3.63) is 82.1 Å². The van der Waals surface area contributed by atoms with Crippen molar-refractivity contribution in [2.45, 2.75) is 6.92 Å². The van der Waals surface area contributed by atoms with Crippen LogP contribution in [0.2, 0.25) is 0 Å². The van der Waals surface area contributed by atoms with Gasteiger partial charge in [0.15, 0.2) is 11.4 Å². The van der Waals surface area contributed by atoms with E-state index < -0.39 is 0 Å². The molecule has 0 unspecified atom stereocenters. The van der Waals surface area contributed by atoms with Gasteiger partial charge in [0.1, 0.15) is 5.75 Å². The van der Waals surface area contributed by atoms with Crippen molar-refractivity contribution in [2.24, 2.45) is 0 Å². The van der Waals surface area contributed by atoms with Gasteiger partial charge in [-0.25, -0.2) is 9.69 Å². The molecule has 116 valence electrons. The van der Waals surface area contributed by atoms with Crippen LogP contribution in [0.15, 0.2) is 42.6 Å². The molecule has 0 fully saturated rings. The van der Waals surface area contributed by atoms with Gasteiger partial charge in [0.2, 0.25) is 0 Å². The van der Waals surface area contributed by atoms with Crippen molar-refractivity contribution < 1.29 is 4.74 Å². The van der Waals surface area contributed by atoms with Crippen LogP contribution in [0.3, 0.4) is 0 Å². The monoisotopic (exact) mass is 313 g/mol. The summed E-state index contributed by atoms with van der Waals surface area (Å²) in [4.78, 5) is 10.3. The summed E-state index contributed by atoms with van der Waals surface area (Å²) in [6.07, 6.45) is 3.61. The van der Waals surface area contributed by atoms with Gasteiger partial charge in [-0.2, -0.15) is 0 Å². The van der Waals surface area contributed by atoms with Crippen LogP contribution >= 0.6 is 0 Å². The first-order chi connectivity index (χ1) is 11.7. The summed E-state index contributed by atoms with van der Waals surface area (Å²) in [7, 11) is 1.58. The zero-order valence-corrected chi connectivity index (χ0v) is 13.4. The van der Waals surface area contributed by atoms with Gasteiger partial charge in [-0.1, -0.05) is 18.2 Å². The lowest BCUT2D eigenvalue weighted by molar-refractivity contribution is 0.414. The average Bonchev–Trinajstić information content (AvgIpc) is 3.02. The maximum Gasteiger partial charge on any atom is 0.197 e. The Morgan fingerprint density at radius 3 is 2.71 bits per heavy atom. The van der Waals surface area contributed by atoms with Gasteiger partial charge < -0.3 is 9.72 Å². The van der Waals surface area contributed by atoms with Crippen LogP contribution in [0.25, 0.3) is 32.4 Å². The molecule has 3 aromatic rings. The maximum atomic E-state index is 7.57.